The van der Waals surface area contributed by atoms with E-state index in [1.807, 2.05) is 0 Å². The van der Waals surface area contributed by atoms with E-state index in [9.17, 15) is 27.2 Å². The predicted molar refractivity (Wildman–Crippen MR) is 102 cm³/mol. The molecule has 0 saturated carbocycles. The lowest BCUT2D eigenvalue weighted by molar-refractivity contribution is -0.144. The van der Waals surface area contributed by atoms with Crippen molar-refractivity contribution in [3.8, 4) is 0 Å². The number of likely N-dealkylation sites (tertiary alicyclic amines) is 1. The third-order valence-corrected chi connectivity index (χ3v) is 5.59. The van der Waals surface area contributed by atoms with Crippen molar-refractivity contribution < 1.29 is 31.9 Å². The summed E-state index contributed by atoms with van der Waals surface area (Å²) in [6, 6.07) is 8.94. The van der Waals surface area contributed by atoms with Crippen molar-refractivity contribution >= 4 is 17.5 Å². The van der Waals surface area contributed by atoms with E-state index in [1.54, 1.807) is 6.07 Å². The van der Waals surface area contributed by atoms with Gasteiger partial charge in [0.2, 0.25) is 0 Å². The zero-order valence-corrected chi connectivity index (χ0v) is 16.4. The number of halogens is 4. The summed E-state index contributed by atoms with van der Waals surface area (Å²) in [5.74, 6) is -1.34. The van der Waals surface area contributed by atoms with Gasteiger partial charge in [-0.3, -0.25) is 9.59 Å². The molecular formula is C21H19F4N3O3. The largest absolute Gasteiger partial charge is 0.433 e. The molecule has 0 unspecified atom stereocenters. The maximum atomic E-state index is 13.6. The van der Waals surface area contributed by atoms with Crippen LogP contribution in [0.5, 0.6) is 0 Å². The van der Waals surface area contributed by atoms with Crippen LogP contribution in [0.3, 0.4) is 0 Å². The number of benzene rings is 1. The summed E-state index contributed by atoms with van der Waals surface area (Å²) in [4.78, 5) is 31.3. The summed E-state index contributed by atoms with van der Waals surface area (Å²) in [6.45, 7) is 0.517. The number of anilines is 1. The fourth-order valence-corrected chi connectivity index (χ4v) is 3.89. The van der Waals surface area contributed by atoms with Crippen LogP contribution >= 0.6 is 0 Å². The van der Waals surface area contributed by atoms with Crippen molar-refractivity contribution in [2.45, 2.75) is 24.6 Å². The summed E-state index contributed by atoms with van der Waals surface area (Å²) in [5, 5.41) is 0. The molecule has 31 heavy (non-hydrogen) atoms. The molecule has 0 bridgehead atoms. The number of hydrogen-bond donors (Lipinski definition) is 0. The van der Waals surface area contributed by atoms with E-state index in [0.717, 1.165) is 12.1 Å². The van der Waals surface area contributed by atoms with Crippen molar-refractivity contribution in [2.75, 3.05) is 31.1 Å². The first kappa shape index (κ1) is 21.2. The minimum atomic E-state index is -4.63. The Morgan fingerprint density at radius 1 is 1.10 bits per heavy atom. The highest BCUT2D eigenvalue weighted by atomic mass is 19.4. The van der Waals surface area contributed by atoms with Gasteiger partial charge in [0, 0.05) is 18.8 Å². The Balaban J connectivity index is 1.45. The van der Waals surface area contributed by atoms with Gasteiger partial charge in [-0.15, -0.1) is 0 Å². The molecule has 1 aromatic heterocycles. The molecule has 2 fully saturated rings. The number of carbonyl (C=O) groups excluding carboxylic acids is 2. The van der Waals surface area contributed by atoms with Crippen LogP contribution in [0.2, 0.25) is 0 Å². The van der Waals surface area contributed by atoms with Crippen LogP contribution in [0.4, 0.5) is 23.2 Å². The standard InChI is InChI=1S/C21H19F4N3O3/c22-14-3-1-4-15(11-14)28-13-20(31-12-18(28)29)7-9-27(10-8-20)19(30)16-5-2-6-17(26-16)21(23,24)25/h1-6,11H,7-10,12-13H2. The number of aromatic nitrogens is 1. The summed E-state index contributed by atoms with van der Waals surface area (Å²) in [5.41, 5.74) is -1.67. The minimum absolute atomic E-state index is 0.167. The third kappa shape index (κ3) is 4.39. The lowest BCUT2D eigenvalue weighted by Gasteiger charge is -2.46. The number of nitrogens with zero attached hydrogens (tertiary/aromatic N) is 3. The van der Waals surface area contributed by atoms with Crippen molar-refractivity contribution in [1.29, 1.82) is 0 Å². The second-order valence-corrected chi connectivity index (χ2v) is 7.63. The summed E-state index contributed by atoms with van der Waals surface area (Å²) in [7, 11) is 0. The van der Waals surface area contributed by atoms with Gasteiger partial charge in [-0.25, -0.2) is 9.37 Å². The van der Waals surface area contributed by atoms with Crippen LogP contribution < -0.4 is 4.90 Å². The lowest BCUT2D eigenvalue weighted by atomic mass is 9.89. The minimum Gasteiger partial charge on any atom is -0.363 e. The van der Waals surface area contributed by atoms with Gasteiger partial charge in [0.05, 0.1) is 12.1 Å². The van der Waals surface area contributed by atoms with Crippen molar-refractivity contribution in [1.82, 2.24) is 9.88 Å². The van der Waals surface area contributed by atoms with Gasteiger partial charge in [0.25, 0.3) is 11.8 Å². The van der Waals surface area contributed by atoms with Crippen molar-refractivity contribution in [2.24, 2.45) is 0 Å². The van der Waals surface area contributed by atoms with Crippen LogP contribution in [0.1, 0.15) is 29.0 Å². The van der Waals surface area contributed by atoms with Crippen LogP contribution in [0.25, 0.3) is 0 Å². The van der Waals surface area contributed by atoms with Gasteiger partial charge < -0.3 is 14.5 Å². The Morgan fingerprint density at radius 3 is 2.48 bits per heavy atom. The van der Waals surface area contributed by atoms with Crippen molar-refractivity contribution in [3.63, 3.8) is 0 Å². The number of ether oxygens (including phenoxy) is 1. The molecule has 2 aliphatic rings. The summed E-state index contributed by atoms with van der Waals surface area (Å²) >= 11 is 0. The van der Waals surface area contributed by atoms with E-state index in [2.05, 4.69) is 4.98 Å². The molecule has 4 rings (SSSR count). The highest BCUT2D eigenvalue weighted by molar-refractivity contribution is 5.95. The van der Waals surface area contributed by atoms with Gasteiger partial charge in [-0.05, 0) is 43.2 Å². The van der Waals surface area contributed by atoms with E-state index in [1.165, 1.54) is 34.1 Å². The zero-order valence-electron chi connectivity index (χ0n) is 16.4. The average molecular weight is 437 g/mol. The van der Waals surface area contributed by atoms with E-state index in [4.69, 9.17) is 4.74 Å². The maximum absolute atomic E-state index is 13.6. The molecule has 1 aromatic carbocycles. The SMILES string of the molecule is O=C(c1cccc(C(F)(F)F)n1)N1CCC2(CC1)CN(c1cccc(F)c1)C(=O)CO2. The fraction of sp³-hybridized carbons (Fsp3) is 0.381. The molecule has 6 nitrogen and oxygen atoms in total. The monoisotopic (exact) mass is 437 g/mol. The second kappa shape index (κ2) is 7.92. The average Bonchev–Trinajstić information content (AvgIpc) is 2.75. The van der Waals surface area contributed by atoms with Crippen molar-refractivity contribution in [3.05, 3.63) is 59.7 Å². The molecule has 1 spiro atoms. The molecule has 0 radical (unpaired) electrons. The fourth-order valence-electron chi connectivity index (χ4n) is 3.89. The number of alkyl halides is 3. The second-order valence-electron chi connectivity index (χ2n) is 7.63. The number of pyridine rings is 1. The maximum Gasteiger partial charge on any atom is 0.433 e. The van der Waals surface area contributed by atoms with Gasteiger partial charge in [-0.1, -0.05) is 12.1 Å². The molecule has 0 N–H and O–H groups in total. The topological polar surface area (TPSA) is 62.7 Å². The number of rotatable bonds is 2. The molecule has 3 heterocycles. The lowest BCUT2D eigenvalue weighted by Crippen LogP contribution is -2.59. The quantitative estimate of drug-likeness (QED) is 0.677. The van der Waals surface area contributed by atoms with Gasteiger partial charge in [0.1, 0.15) is 23.8 Å². The number of morpholine rings is 1. The molecule has 164 valence electrons. The Morgan fingerprint density at radius 2 is 1.81 bits per heavy atom. The number of hydrogen-bond acceptors (Lipinski definition) is 4. The molecule has 2 saturated heterocycles. The Kier molecular flexibility index (Phi) is 5.42. The number of carbonyl (C=O) groups is 2. The number of amides is 2. The van der Waals surface area contributed by atoms with Crippen LogP contribution in [-0.2, 0) is 15.7 Å². The van der Waals surface area contributed by atoms with Gasteiger partial charge in [-0.2, -0.15) is 13.2 Å². The van der Waals surface area contributed by atoms with E-state index < -0.39 is 29.2 Å². The van der Waals surface area contributed by atoms with E-state index >= 15 is 0 Å². The van der Waals surface area contributed by atoms with E-state index in [-0.39, 0.29) is 37.8 Å². The molecule has 0 aliphatic carbocycles. The number of piperidine rings is 1. The molecule has 0 atom stereocenters. The first-order valence-electron chi connectivity index (χ1n) is 9.70. The zero-order chi connectivity index (χ0) is 22.2. The first-order chi connectivity index (χ1) is 14.7. The molecule has 2 aliphatic heterocycles. The third-order valence-electron chi connectivity index (χ3n) is 5.59. The van der Waals surface area contributed by atoms with E-state index in [0.29, 0.717) is 18.5 Å². The van der Waals surface area contributed by atoms with Crippen LogP contribution in [0, 0.1) is 5.82 Å². The summed E-state index contributed by atoms with van der Waals surface area (Å²) < 4.78 is 58.1. The molecule has 2 amide bonds. The highest BCUT2D eigenvalue weighted by Gasteiger charge is 2.44. The van der Waals surface area contributed by atoms with Crippen LogP contribution in [-0.4, -0.2) is 53.5 Å². The normalized spacial score (nSPS) is 19.0. The Bertz CT molecular complexity index is 1000. The highest BCUT2D eigenvalue weighted by Crippen LogP contribution is 2.33. The van der Waals surface area contributed by atoms with Crippen LogP contribution in [0.15, 0.2) is 42.5 Å². The Labute approximate surface area is 175 Å². The molecular weight excluding hydrogens is 418 g/mol. The summed E-state index contributed by atoms with van der Waals surface area (Å²) in [6.07, 6.45) is -3.86. The molecule has 10 heteroatoms. The van der Waals surface area contributed by atoms with Gasteiger partial charge >= 0.3 is 6.18 Å². The predicted octanol–water partition coefficient (Wildman–Crippen LogP) is 3.28. The molecule has 2 aromatic rings. The first-order valence-corrected chi connectivity index (χ1v) is 9.70. The smallest absolute Gasteiger partial charge is 0.363 e. The van der Waals surface area contributed by atoms with Gasteiger partial charge in [0.15, 0.2) is 0 Å². The Hall–Kier alpha value is -3.01.